The van der Waals surface area contributed by atoms with E-state index in [1.54, 1.807) is 63.8 Å². The number of ether oxygens (including phenoxy) is 6. The zero-order valence-corrected chi connectivity index (χ0v) is 24.7. The van der Waals surface area contributed by atoms with Crippen LogP contribution in [0.5, 0.6) is 28.7 Å². The van der Waals surface area contributed by atoms with E-state index in [1.807, 2.05) is 30.3 Å². The molecule has 0 aliphatic heterocycles. The van der Waals surface area contributed by atoms with E-state index >= 15 is 0 Å². The molecule has 39 heavy (non-hydrogen) atoms. The molecule has 9 heteroatoms. The van der Waals surface area contributed by atoms with Crippen molar-refractivity contribution in [3.8, 4) is 28.7 Å². The van der Waals surface area contributed by atoms with Crippen LogP contribution in [0.2, 0.25) is 10.4 Å². The van der Waals surface area contributed by atoms with Gasteiger partial charge in [-0.1, -0.05) is 0 Å². The molecule has 0 amide bonds. The van der Waals surface area contributed by atoms with Crippen LogP contribution in [-0.2, 0) is 9.53 Å². The fraction of sp³-hybridized carbons (Fsp3) is 0.300. The van der Waals surface area contributed by atoms with Crippen LogP contribution in [0.3, 0.4) is 0 Å². The molecule has 3 aromatic carbocycles. The van der Waals surface area contributed by atoms with Gasteiger partial charge in [-0.15, -0.1) is 0 Å². The Bertz CT molecular complexity index is 1230. The zero-order valence-electron chi connectivity index (χ0n) is 22.6. The Morgan fingerprint density at radius 1 is 0.846 bits per heavy atom. The minimum atomic E-state index is -0.552. The molecule has 208 valence electrons. The van der Waals surface area contributed by atoms with Crippen LogP contribution in [0.1, 0.15) is 11.1 Å². The fourth-order valence-corrected chi connectivity index (χ4v) is 5.58. The molecule has 1 N–H and O–H groups in total. The van der Waals surface area contributed by atoms with Gasteiger partial charge in [-0.2, -0.15) is 0 Å². The van der Waals surface area contributed by atoms with Crippen molar-refractivity contribution in [1.82, 2.24) is 0 Å². The summed E-state index contributed by atoms with van der Waals surface area (Å²) in [6.07, 6.45) is 1.16. The quantitative estimate of drug-likeness (QED) is 0.0899. The first-order chi connectivity index (χ1) is 19.0. The third kappa shape index (κ3) is 8.98. The first kappa shape index (κ1) is 29.9. The molecule has 8 nitrogen and oxygen atoms in total. The van der Waals surface area contributed by atoms with Crippen LogP contribution in [-0.4, -0.2) is 74.6 Å². The molecule has 0 spiro atoms. The molecular weight excluding hydrogens is 563 g/mol. The fourth-order valence-electron chi connectivity index (χ4n) is 3.69. The van der Waals surface area contributed by atoms with Gasteiger partial charge in [-0.05, 0) is 6.07 Å². The van der Waals surface area contributed by atoms with Crippen molar-refractivity contribution in [2.45, 2.75) is 16.5 Å². The van der Waals surface area contributed by atoms with E-state index in [-0.39, 0.29) is 22.4 Å². The second kappa shape index (κ2) is 15.7. The maximum absolute atomic E-state index is 12.6. The van der Waals surface area contributed by atoms with Crippen LogP contribution >= 0.6 is 0 Å². The number of esters is 1. The van der Waals surface area contributed by atoms with Crippen molar-refractivity contribution in [3.63, 3.8) is 0 Å². The molecule has 0 aliphatic rings. The summed E-state index contributed by atoms with van der Waals surface area (Å²) in [6.45, 7) is 0.785. The van der Waals surface area contributed by atoms with Crippen molar-refractivity contribution in [2.75, 3.05) is 41.7 Å². The molecule has 2 unspecified atom stereocenters. The van der Waals surface area contributed by atoms with E-state index in [4.69, 9.17) is 28.4 Å². The van der Waals surface area contributed by atoms with Crippen LogP contribution in [0.25, 0.3) is 11.6 Å². The number of benzene rings is 3. The van der Waals surface area contributed by atoms with Crippen molar-refractivity contribution < 1.29 is 38.3 Å². The van der Waals surface area contributed by atoms with Crippen LogP contribution in [0.4, 0.5) is 0 Å². The number of carbonyl (C=O) groups excluding carboxylic acids is 1. The molecule has 0 radical (unpaired) electrons. The number of methoxy groups -OCH3 is 4. The second-order valence-corrected chi connectivity index (χ2v) is 11.3. The van der Waals surface area contributed by atoms with Gasteiger partial charge >= 0.3 is 195 Å². The van der Waals surface area contributed by atoms with Gasteiger partial charge in [-0.25, -0.2) is 0 Å². The third-order valence-corrected chi connectivity index (χ3v) is 8.50. The number of aliphatic hydroxyl groups excluding tert-OH is 1. The Kier molecular flexibility index (Phi) is 12.1. The van der Waals surface area contributed by atoms with Gasteiger partial charge in [0.05, 0.1) is 14.2 Å². The average molecular weight is 599 g/mol. The number of hydrogen-bond donors (Lipinski definition) is 1. The summed E-state index contributed by atoms with van der Waals surface area (Å²) < 4.78 is 32.6. The van der Waals surface area contributed by atoms with Gasteiger partial charge < -0.3 is 9.47 Å². The summed E-state index contributed by atoms with van der Waals surface area (Å²) in [5, 5.41) is 12.0. The predicted molar refractivity (Wildman–Crippen MR) is 153 cm³/mol. The first-order valence-corrected chi connectivity index (χ1v) is 15.4. The van der Waals surface area contributed by atoms with E-state index in [9.17, 15) is 9.90 Å². The maximum atomic E-state index is 12.6. The molecule has 3 rings (SSSR count). The van der Waals surface area contributed by atoms with Gasteiger partial charge in [0.2, 0.25) is 0 Å². The summed E-state index contributed by atoms with van der Waals surface area (Å²) in [5.74, 6) is 2.79. The SMILES string of the molecule is COC(=O)C(=Cc1ccc(OC)cc1OC)c1ccc(OCC(O)C[AsH]CCOc2ccccc2OC)cc1. The Morgan fingerprint density at radius 3 is 2.21 bits per heavy atom. The zero-order chi connectivity index (χ0) is 28.0. The summed E-state index contributed by atoms with van der Waals surface area (Å²) in [7, 11) is 6.10. The Morgan fingerprint density at radius 2 is 1.54 bits per heavy atom. The van der Waals surface area contributed by atoms with Gasteiger partial charge in [0.1, 0.15) is 5.75 Å². The molecule has 0 saturated heterocycles. The second-order valence-electron chi connectivity index (χ2n) is 8.35. The first-order valence-electron chi connectivity index (χ1n) is 12.4. The summed E-state index contributed by atoms with van der Waals surface area (Å²) in [5.41, 5.74) is 1.74. The van der Waals surface area contributed by atoms with Gasteiger partial charge in [0, 0.05) is 6.07 Å². The minimum absolute atomic E-state index is 0.193. The van der Waals surface area contributed by atoms with Crippen LogP contribution in [0, 0.1) is 0 Å². The monoisotopic (exact) mass is 598 g/mol. The van der Waals surface area contributed by atoms with Crippen molar-refractivity contribution in [1.29, 1.82) is 0 Å². The summed E-state index contributed by atoms with van der Waals surface area (Å²) >= 11 is -0.381. The topological polar surface area (TPSA) is 92.7 Å². The standard InChI is InChI=1S/C30H35AsO8/c1-34-25-14-11-22(29(18-25)36-3)17-26(30(33)37-4)21-9-12-24(13-10-21)39-20-23(32)19-31-15-16-38-28-8-6-5-7-27(28)35-2/h5-14,17-18,23,31-32H,15-16,19-20H2,1-4H3. The van der Waals surface area contributed by atoms with Crippen molar-refractivity contribution in [2.24, 2.45) is 0 Å². The number of hydrogen-bond acceptors (Lipinski definition) is 8. The predicted octanol–water partition coefficient (Wildman–Crippen LogP) is 4.52. The normalized spacial score (nSPS) is 12.2. The van der Waals surface area contributed by atoms with Gasteiger partial charge in [0.15, 0.2) is 0 Å². The third-order valence-electron chi connectivity index (χ3n) is 5.74. The molecule has 2 atom stereocenters. The van der Waals surface area contributed by atoms with E-state index in [1.165, 1.54) is 7.11 Å². The van der Waals surface area contributed by atoms with E-state index in [0.717, 1.165) is 11.0 Å². The molecule has 0 bridgehead atoms. The molecule has 0 aromatic heterocycles. The Hall–Kier alpha value is -3.61. The molecule has 0 fully saturated rings. The van der Waals surface area contributed by atoms with Gasteiger partial charge in [0.25, 0.3) is 0 Å². The van der Waals surface area contributed by atoms with E-state index in [0.29, 0.717) is 51.5 Å². The number of aliphatic hydroxyl groups is 1. The number of para-hydroxylation sites is 2. The molecule has 0 heterocycles. The summed E-state index contributed by atoms with van der Waals surface area (Å²) in [4.78, 5) is 12.6. The van der Waals surface area contributed by atoms with Crippen molar-refractivity contribution >= 4 is 33.4 Å². The van der Waals surface area contributed by atoms with Crippen molar-refractivity contribution in [3.05, 3.63) is 77.9 Å². The summed E-state index contributed by atoms with van der Waals surface area (Å²) in [6, 6.07) is 20.0. The number of carbonyl (C=O) groups is 1. The van der Waals surface area contributed by atoms with E-state index < -0.39 is 12.1 Å². The number of rotatable bonds is 15. The molecule has 3 aromatic rings. The van der Waals surface area contributed by atoms with Crippen LogP contribution < -0.4 is 23.7 Å². The Balaban J connectivity index is 1.52. The van der Waals surface area contributed by atoms with Crippen LogP contribution in [0.15, 0.2) is 66.7 Å². The van der Waals surface area contributed by atoms with Gasteiger partial charge in [-0.3, -0.25) is 0 Å². The molecular formula is C30H35AsO8. The molecule has 0 aliphatic carbocycles. The molecule has 0 saturated carbocycles. The Labute approximate surface area is 236 Å². The van der Waals surface area contributed by atoms with E-state index in [2.05, 4.69) is 0 Å². The average Bonchev–Trinajstić information content (AvgIpc) is 2.98.